The normalized spacial score (nSPS) is 26.3. The summed E-state index contributed by atoms with van der Waals surface area (Å²) in [4.78, 5) is 4.75. The van der Waals surface area contributed by atoms with E-state index >= 15 is 0 Å². The van der Waals surface area contributed by atoms with E-state index in [1.165, 1.54) is 57.8 Å². The zero-order valence-electron chi connectivity index (χ0n) is 11.1. The fraction of sp³-hybridized carbons (Fsp3) is 0.929. The highest BCUT2D eigenvalue weighted by atomic mass is 32.2. The van der Waals surface area contributed by atoms with Crippen LogP contribution in [0.2, 0.25) is 0 Å². The Bertz CT molecular complexity index is 263. The van der Waals surface area contributed by atoms with Gasteiger partial charge in [-0.2, -0.15) is 11.8 Å². The predicted octanol–water partition coefficient (Wildman–Crippen LogP) is 3.60. The van der Waals surface area contributed by atoms with E-state index in [9.17, 15) is 0 Å². The molecule has 2 aliphatic carbocycles. The van der Waals surface area contributed by atoms with Crippen LogP contribution in [0.1, 0.15) is 57.8 Å². The van der Waals surface area contributed by atoms with Crippen molar-refractivity contribution in [3.05, 3.63) is 0 Å². The van der Waals surface area contributed by atoms with Gasteiger partial charge in [-0.1, -0.05) is 32.1 Å². The summed E-state index contributed by atoms with van der Waals surface area (Å²) >= 11 is 2.01. The van der Waals surface area contributed by atoms with Crippen LogP contribution in [0.5, 0.6) is 0 Å². The van der Waals surface area contributed by atoms with Gasteiger partial charge in [0.2, 0.25) is 0 Å². The summed E-state index contributed by atoms with van der Waals surface area (Å²) in [5.41, 5.74) is 6.18. The lowest BCUT2D eigenvalue weighted by atomic mass is 9.88. The maximum absolute atomic E-state index is 6.18. The highest BCUT2D eigenvalue weighted by molar-refractivity contribution is 8.00. The third-order valence-corrected chi connectivity index (χ3v) is 5.92. The van der Waals surface area contributed by atoms with Gasteiger partial charge in [-0.25, -0.2) is 0 Å². The molecule has 0 aliphatic heterocycles. The summed E-state index contributed by atoms with van der Waals surface area (Å²) in [5, 5.41) is 0. The minimum absolute atomic E-state index is 0.416. The third kappa shape index (κ3) is 3.40. The molecule has 0 aromatic carbocycles. The van der Waals surface area contributed by atoms with E-state index in [0.29, 0.717) is 10.7 Å². The van der Waals surface area contributed by atoms with Gasteiger partial charge in [-0.05, 0) is 31.9 Å². The van der Waals surface area contributed by atoms with Gasteiger partial charge >= 0.3 is 0 Å². The van der Waals surface area contributed by atoms with Crippen molar-refractivity contribution < 1.29 is 0 Å². The first kappa shape index (κ1) is 13.3. The summed E-state index contributed by atoms with van der Waals surface area (Å²) < 4.78 is 0.416. The molecule has 98 valence electrons. The molecule has 0 unspecified atom stereocenters. The quantitative estimate of drug-likeness (QED) is 0.615. The van der Waals surface area contributed by atoms with Gasteiger partial charge in [0.25, 0.3) is 0 Å². The lowest BCUT2D eigenvalue weighted by molar-refractivity contribution is 0.435. The van der Waals surface area contributed by atoms with E-state index < -0.39 is 0 Å². The molecular weight excluding hydrogens is 228 g/mol. The van der Waals surface area contributed by atoms with Crippen molar-refractivity contribution in [2.75, 3.05) is 12.8 Å². The van der Waals surface area contributed by atoms with Crippen LogP contribution in [0, 0.1) is 5.92 Å². The molecule has 0 radical (unpaired) electrons. The summed E-state index contributed by atoms with van der Waals surface area (Å²) in [6, 6.07) is 0. The van der Waals surface area contributed by atoms with Crippen molar-refractivity contribution in [1.29, 1.82) is 0 Å². The van der Waals surface area contributed by atoms with Crippen molar-refractivity contribution in [2.24, 2.45) is 16.6 Å². The monoisotopic (exact) mass is 254 g/mol. The van der Waals surface area contributed by atoms with E-state index in [4.69, 9.17) is 10.7 Å². The number of thioether (sulfide) groups is 1. The Morgan fingerprint density at radius 3 is 2.41 bits per heavy atom. The maximum Gasteiger partial charge on any atom is 0.0969 e. The molecule has 17 heavy (non-hydrogen) atoms. The SMILES string of the molecule is CSC1(CN=C(N)C2CCCCC2)CCCC1. The average molecular weight is 254 g/mol. The molecule has 2 N–H and O–H groups in total. The second-order valence-electron chi connectivity index (χ2n) is 5.67. The first-order chi connectivity index (χ1) is 8.26. The molecule has 0 saturated heterocycles. The molecule has 3 heteroatoms. The molecule has 0 spiro atoms. The smallest absolute Gasteiger partial charge is 0.0969 e. The fourth-order valence-corrected chi connectivity index (χ4v) is 4.10. The molecule has 2 fully saturated rings. The molecule has 0 atom stereocenters. The fourth-order valence-electron chi connectivity index (χ4n) is 3.21. The van der Waals surface area contributed by atoms with Crippen LogP contribution < -0.4 is 5.73 Å². The maximum atomic E-state index is 6.18. The number of nitrogens with two attached hydrogens (primary N) is 1. The molecule has 0 aromatic rings. The highest BCUT2D eigenvalue weighted by Crippen LogP contribution is 2.40. The molecule has 2 aliphatic rings. The van der Waals surface area contributed by atoms with Gasteiger partial charge in [0, 0.05) is 10.7 Å². The van der Waals surface area contributed by atoms with Crippen LogP contribution in [-0.2, 0) is 0 Å². The first-order valence-corrected chi connectivity index (χ1v) is 8.33. The second-order valence-corrected chi connectivity index (χ2v) is 6.94. The van der Waals surface area contributed by atoms with E-state index in [1.54, 1.807) is 0 Å². The van der Waals surface area contributed by atoms with E-state index in [-0.39, 0.29) is 0 Å². The van der Waals surface area contributed by atoms with E-state index in [1.807, 2.05) is 11.8 Å². The van der Waals surface area contributed by atoms with Crippen LogP contribution in [0.4, 0.5) is 0 Å². The Hall–Kier alpha value is -0.180. The number of hydrogen-bond acceptors (Lipinski definition) is 2. The molecule has 2 rings (SSSR count). The van der Waals surface area contributed by atoms with Gasteiger partial charge < -0.3 is 5.73 Å². The molecule has 2 nitrogen and oxygen atoms in total. The number of amidine groups is 1. The predicted molar refractivity (Wildman–Crippen MR) is 77.8 cm³/mol. The van der Waals surface area contributed by atoms with Crippen LogP contribution in [0.15, 0.2) is 4.99 Å². The summed E-state index contributed by atoms with van der Waals surface area (Å²) in [5.74, 6) is 1.54. The van der Waals surface area contributed by atoms with Crippen LogP contribution in [0.25, 0.3) is 0 Å². The lowest BCUT2D eigenvalue weighted by Gasteiger charge is -2.26. The van der Waals surface area contributed by atoms with Gasteiger partial charge in [0.15, 0.2) is 0 Å². The molecule has 2 saturated carbocycles. The van der Waals surface area contributed by atoms with Gasteiger partial charge in [-0.3, -0.25) is 4.99 Å². The number of rotatable bonds is 4. The zero-order valence-corrected chi connectivity index (χ0v) is 11.9. The molecular formula is C14H26N2S. The summed E-state index contributed by atoms with van der Waals surface area (Å²) in [7, 11) is 0. The minimum Gasteiger partial charge on any atom is -0.387 e. The molecule has 0 aromatic heterocycles. The van der Waals surface area contributed by atoms with Crippen molar-refractivity contribution in [3.63, 3.8) is 0 Å². The second kappa shape index (κ2) is 6.12. The largest absolute Gasteiger partial charge is 0.387 e. The highest BCUT2D eigenvalue weighted by Gasteiger charge is 2.32. The Morgan fingerprint density at radius 2 is 1.82 bits per heavy atom. The Labute approximate surface area is 110 Å². The van der Waals surface area contributed by atoms with Crippen molar-refractivity contribution >= 4 is 17.6 Å². The molecule has 0 amide bonds. The van der Waals surface area contributed by atoms with Crippen molar-refractivity contribution in [2.45, 2.75) is 62.5 Å². The summed E-state index contributed by atoms with van der Waals surface area (Å²) in [6.07, 6.45) is 14.2. The first-order valence-electron chi connectivity index (χ1n) is 7.11. The standard InChI is InChI=1S/C14H26N2S/c1-17-14(9-5-6-10-14)11-16-13(15)12-7-3-2-4-8-12/h12H,2-11H2,1H3,(H2,15,16). The number of aliphatic imine (C=N–C) groups is 1. The van der Waals surface area contributed by atoms with Crippen molar-refractivity contribution in [1.82, 2.24) is 0 Å². The number of hydrogen-bond donors (Lipinski definition) is 1. The minimum atomic E-state index is 0.416. The zero-order chi connectivity index (χ0) is 12.1. The third-order valence-electron chi connectivity index (χ3n) is 4.52. The van der Waals surface area contributed by atoms with E-state index in [2.05, 4.69) is 6.26 Å². The number of nitrogens with zero attached hydrogens (tertiary/aromatic N) is 1. The van der Waals surface area contributed by atoms with E-state index in [0.717, 1.165) is 12.4 Å². The van der Waals surface area contributed by atoms with Crippen molar-refractivity contribution in [3.8, 4) is 0 Å². The van der Waals surface area contributed by atoms with Crippen LogP contribution in [-0.4, -0.2) is 23.4 Å². The Kier molecular flexibility index (Phi) is 4.78. The lowest BCUT2D eigenvalue weighted by Crippen LogP contribution is -2.30. The Morgan fingerprint density at radius 1 is 1.18 bits per heavy atom. The summed E-state index contributed by atoms with van der Waals surface area (Å²) in [6.45, 7) is 0.955. The Balaban J connectivity index is 1.89. The van der Waals surface area contributed by atoms with Gasteiger partial charge in [0.1, 0.15) is 0 Å². The topological polar surface area (TPSA) is 38.4 Å². The van der Waals surface area contributed by atoms with Crippen LogP contribution in [0.3, 0.4) is 0 Å². The molecule has 0 heterocycles. The average Bonchev–Trinajstić information content (AvgIpc) is 2.86. The molecule has 0 bridgehead atoms. The van der Waals surface area contributed by atoms with Crippen LogP contribution >= 0.6 is 11.8 Å². The van der Waals surface area contributed by atoms with Gasteiger partial charge in [-0.15, -0.1) is 0 Å². The van der Waals surface area contributed by atoms with Gasteiger partial charge in [0.05, 0.1) is 12.4 Å².